The molecule has 0 aliphatic carbocycles. The highest BCUT2D eigenvalue weighted by Gasteiger charge is 2.25. The summed E-state index contributed by atoms with van der Waals surface area (Å²) in [7, 11) is 0. The zero-order valence-corrected chi connectivity index (χ0v) is 9.68. The largest absolute Gasteiger partial charge is 0.481 e. The zero-order valence-electron chi connectivity index (χ0n) is 9.68. The number of amides is 2. The van der Waals surface area contributed by atoms with E-state index in [-0.39, 0.29) is 31.4 Å². The minimum Gasteiger partial charge on any atom is -0.481 e. The van der Waals surface area contributed by atoms with Crippen LogP contribution >= 0.6 is 0 Å². The van der Waals surface area contributed by atoms with Crippen LogP contribution in [-0.2, 0) is 19.1 Å². The van der Waals surface area contributed by atoms with E-state index < -0.39 is 5.97 Å². The Labute approximate surface area is 99.5 Å². The topological polar surface area (TPSA) is 83.9 Å². The van der Waals surface area contributed by atoms with Gasteiger partial charge in [-0.05, 0) is 12.8 Å². The Morgan fingerprint density at radius 3 is 2.29 bits per heavy atom. The molecule has 0 radical (unpaired) electrons. The molecule has 1 rings (SSSR count). The third-order valence-electron chi connectivity index (χ3n) is 2.58. The van der Waals surface area contributed by atoms with Gasteiger partial charge in [-0.2, -0.15) is 0 Å². The van der Waals surface area contributed by atoms with E-state index in [4.69, 9.17) is 9.84 Å². The second kappa shape index (κ2) is 7.01. The highest BCUT2D eigenvalue weighted by molar-refractivity contribution is 5.98. The molecule has 1 aliphatic rings. The number of unbranched alkanes of at least 4 members (excludes halogenated alkanes) is 3. The first-order valence-corrected chi connectivity index (χ1v) is 5.74. The third kappa shape index (κ3) is 4.95. The Kier molecular flexibility index (Phi) is 5.62. The summed E-state index contributed by atoms with van der Waals surface area (Å²) in [5.41, 5.74) is 0. The van der Waals surface area contributed by atoms with Gasteiger partial charge in [0.25, 0.3) is 11.8 Å². The molecule has 1 N–H and O–H groups in total. The fraction of sp³-hybridized carbons (Fsp3) is 0.727. The maximum absolute atomic E-state index is 11.3. The third-order valence-corrected chi connectivity index (χ3v) is 2.58. The Bertz CT molecular complexity index is 286. The van der Waals surface area contributed by atoms with Crippen LogP contribution in [0.25, 0.3) is 0 Å². The van der Waals surface area contributed by atoms with E-state index in [1.165, 1.54) is 4.90 Å². The van der Waals surface area contributed by atoms with E-state index in [0.717, 1.165) is 19.3 Å². The number of carboxylic acids is 1. The van der Waals surface area contributed by atoms with E-state index in [1.54, 1.807) is 0 Å². The van der Waals surface area contributed by atoms with Gasteiger partial charge >= 0.3 is 5.97 Å². The van der Waals surface area contributed by atoms with Crippen molar-refractivity contribution in [3.05, 3.63) is 0 Å². The van der Waals surface area contributed by atoms with Crippen molar-refractivity contribution in [2.75, 3.05) is 19.8 Å². The molecule has 0 spiro atoms. The summed E-state index contributed by atoms with van der Waals surface area (Å²) in [6.07, 6.45) is 3.16. The number of aliphatic carboxylic acids is 1. The van der Waals surface area contributed by atoms with Crippen molar-refractivity contribution >= 4 is 17.8 Å². The van der Waals surface area contributed by atoms with Crippen LogP contribution in [0.5, 0.6) is 0 Å². The Balaban J connectivity index is 2.11. The van der Waals surface area contributed by atoms with Crippen molar-refractivity contribution in [3.63, 3.8) is 0 Å². The SMILES string of the molecule is O=C(O)CCCCCCN1C(=O)COCC1=O. The van der Waals surface area contributed by atoms with Gasteiger partial charge in [-0.1, -0.05) is 12.8 Å². The number of carbonyl (C=O) groups excluding carboxylic acids is 2. The lowest BCUT2D eigenvalue weighted by molar-refractivity contribution is -0.158. The van der Waals surface area contributed by atoms with E-state index >= 15 is 0 Å². The number of rotatable bonds is 7. The first-order valence-electron chi connectivity index (χ1n) is 5.74. The highest BCUT2D eigenvalue weighted by Crippen LogP contribution is 2.07. The van der Waals surface area contributed by atoms with Crippen molar-refractivity contribution in [3.8, 4) is 0 Å². The molecule has 0 aromatic heterocycles. The molecule has 1 fully saturated rings. The molecule has 6 nitrogen and oxygen atoms in total. The van der Waals surface area contributed by atoms with E-state index in [0.29, 0.717) is 13.0 Å². The molecular formula is C11H17NO5. The Morgan fingerprint density at radius 1 is 1.12 bits per heavy atom. The molecule has 0 saturated carbocycles. The van der Waals surface area contributed by atoms with Gasteiger partial charge in [0.2, 0.25) is 0 Å². The molecular weight excluding hydrogens is 226 g/mol. The van der Waals surface area contributed by atoms with Gasteiger partial charge in [0, 0.05) is 13.0 Å². The number of hydrogen-bond donors (Lipinski definition) is 1. The summed E-state index contributed by atoms with van der Waals surface area (Å²) < 4.78 is 4.79. The summed E-state index contributed by atoms with van der Waals surface area (Å²) in [6.45, 7) is 0.365. The molecule has 96 valence electrons. The normalized spacial score (nSPS) is 16.4. The molecule has 0 unspecified atom stereocenters. The summed E-state index contributed by atoms with van der Waals surface area (Å²) in [5, 5.41) is 8.43. The van der Waals surface area contributed by atoms with Crippen LogP contribution < -0.4 is 0 Å². The summed E-state index contributed by atoms with van der Waals surface area (Å²) in [4.78, 5) is 34.1. The van der Waals surface area contributed by atoms with Gasteiger partial charge in [0.1, 0.15) is 13.2 Å². The number of nitrogens with zero attached hydrogens (tertiary/aromatic N) is 1. The summed E-state index contributed by atoms with van der Waals surface area (Å²) in [6, 6.07) is 0. The van der Waals surface area contributed by atoms with E-state index in [2.05, 4.69) is 0 Å². The van der Waals surface area contributed by atoms with Crippen molar-refractivity contribution in [1.82, 2.24) is 4.90 Å². The van der Waals surface area contributed by atoms with Crippen LogP contribution in [0.4, 0.5) is 0 Å². The lowest BCUT2D eigenvalue weighted by Gasteiger charge is -2.24. The molecule has 0 bridgehead atoms. The zero-order chi connectivity index (χ0) is 12.7. The van der Waals surface area contributed by atoms with Crippen molar-refractivity contribution < 1.29 is 24.2 Å². The number of carbonyl (C=O) groups is 3. The molecule has 1 saturated heterocycles. The van der Waals surface area contributed by atoms with Crippen LogP contribution in [0.1, 0.15) is 32.1 Å². The lowest BCUT2D eigenvalue weighted by atomic mass is 10.1. The number of imide groups is 1. The van der Waals surface area contributed by atoms with Gasteiger partial charge in [-0.3, -0.25) is 19.3 Å². The fourth-order valence-corrected chi connectivity index (χ4v) is 1.67. The first kappa shape index (κ1) is 13.6. The molecule has 0 atom stereocenters. The van der Waals surface area contributed by atoms with Crippen LogP contribution in [0.3, 0.4) is 0 Å². The van der Waals surface area contributed by atoms with Gasteiger partial charge < -0.3 is 9.84 Å². The average molecular weight is 243 g/mol. The van der Waals surface area contributed by atoms with Gasteiger partial charge in [-0.15, -0.1) is 0 Å². The average Bonchev–Trinajstić information content (AvgIpc) is 2.26. The van der Waals surface area contributed by atoms with Gasteiger partial charge in [-0.25, -0.2) is 0 Å². The Hall–Kier alpha value is -1.43. The molecule has 1 aliphatic heterocycles. The van der Waals surface area contributed by atoms with E-state index in [9.17, 15) is 14.4 Å². The molecule has 0 aromatic rings. The fourth-order valence-electron chi connectivity index (χ4n) is 1.67. The number of morpholine rings is 1. The van der Waals surface area contributed by atoms with Crippen molar-refractivity contribution in [1.29, 1.82) is 0 Å². The number of carboxylic acid groups (broad SMARTS) is 1. The predicted molar refractivity (Wildman–Crippen MR) is 58.3 cm³/mol. The maximum Gasteiger partial charge on any atom is 0.303 e. The highest BCUT2D eigenvalue weighted by atomic mass is 16.5. The Morgan fingerprint density at radius 2 is 1.71 bits per heavy atom. The van der Waals surface area contributed by atoms with Crippen molar-refractivity contribution in [2.24, 2.45) is 0 Å². The lowest BCUT2D eigenvalue weighted by Crippen LogP contribution is -2.46. The minimum atomic E-state index is -0.788. The smallest absolute Gasteiger partial charge is 0.303 e. The maximum atomic E-state index is 11.3. The molecule has 0 aromatic carbocycles. The minimum absolute atomic E-state index is 0.0231. The molecule has 6 heteroatoms. The summed E-state index contributed by atoms with van der Waals surface area (Å²) in [5.74, 6) is -1.36. The van der Waals surface area contributed by atoms with Gasteiger partial charge in [0.15, 0.2) is 0 Å². The second-order valence-corrected chi connectivity index (χ2v) is 3.99. The molecule has 1 heterocycles. The first-order chi connectivity index (χ1) is 8.11. The van der Waals surface area contributed by atoms with Crippen LogP contribution in [0.15, 0.2) is 0 Å². The monoisotopic (exact) mass is 243 g/mol. The summed E-state index contributed by atoms with van der Waals surface area (Å²) >= 11 is 0. The second-order valence-electron chi connectivity index (χ2n) is 3.99. The number of ether oxygens (including phenoxy) is 1. The van der Waals surface area contributed by atoms with Crippen LogP contribution in [-0.4, -0.2) is 47.5 Å². The van der Waals surface area contributed by atoms with Crippen LogP contribution in [0.2, 0.25) is 0 Å². The predicted octanol–water partition coefficient (Wildman–Crippen LogP) is 0.407. The number of hydrogen-bond acceptors (Lipinski definition) is 4. The van der Waals surface area contributed by atoms with Crippen LogP contribution in [0, 0.1) is 0 Å². The van der Waals surface area contributed by atoms with Gasteiger partial charge in [0.05, 0.1) is 0 Å². The standard InChI is InChI=1S/C11H17NO5/c13-9-7-17-8-10(14)12(9)6-4-2-1-3-5-11(15)16/h1-8H2,(H,15,16). The molecule has 17 heavy (non-hydrogen) atoms. The quantitative estimate of drug-likeness (QED) is 0.517. The molecule has 2 amide bonds. The van der Waals surface area contributed by atoms with Crippen molar-refractivity contribution in [2.45, 2.75) is 32.1 Å². The van der Waals surface area contributed by atoms with E-state index in [1.807, 2.05) is 0 Å².